The van der Waals surface area contributed by atoms with E-state index in [4.69, 9.17) is 4.74 Å². The number of carbonyl (C=O) groups is 1. The number of hydrogen-bond donors (Lipinski definition) is 2. The molecule has 0 amide bonds. The lowest BCUT2D eigenvalue weighted by Gasteiger charge is -2.32. The van der Waals surface area contributed by atoms with E-state index in [9.17, 15) is 4.79 Å². The number of carbonyl (C=O) groups excluding carboxylic acids is 1. The molecular formula is C42H52N2O2. The van der Waals surface area contributed by atoms with E-state index in [0.29, 0.717) is 5.56 Å². The molecule has 0 unspecified atom stereocenters. The van der Waals surface area contributed by atoms with Crippen LogP contribution in [-0.2, 0) is 23.2 Å². The summed E-state index contributed by atoms with van der Waals surface area (Å²) >= 11 is 0. The molecule has 0 bridgehead atoms. The molecule has 0 radical (unpaired) electrons. The monoisotopic (exact) mass is 616 g/mol. The van der Waals surface area contributed by atoms with Crippen LogP contribution < -0.4 is 0 Å². The molecule has 1 aliphatic heterocycles. The number of fused-ring (bicyclic) bond motifs is 3. The van der Waals surface area contributed by atoms with Crippen molar-refractivity contribution in [3.05, 3.63) is 105 Å². The van der Waals surface area contributed by atoms with Crippen LogP contribution in [-0.4, -0.2) is 15.9 Å². The highest BCUT2D eigenvalue weighted by atomic mass is 16.6. The largest absolute Gasteiger partial charge is 0.440 e. The van der Waals surface area contributed by atoms with E-state index in [2.05, 4.69) is 100 Å². The molecule has 0 spiro atoms. The lowest BCUT2D eigenvalue weighted by atomic mass is 9.76. The minimum Gasteiger partial charge on any atom is -0.440 e. The predicted octanol–water partition coefficient (Wildman–Crippen LogP) is 11.2. The van der Waals surface area contributed by atoms with Gasteiger partial charge in [-0.3, -0.25) is 0 Å². The predicted molar refractivity (Wildman–Crippen MR) is 192 cm³/mol. The lowest BCUT2D eigenvalue weighted by Crippen LogP contribution is -2.31. The van der Waals surface area contributed by atoms with Gasteiger partial charge in [-0.25, -0.2) is 4.79 Å². The maximum atomic E-state index is 13.9. The number of aromatic amines is 2. The van der Waals surface area contributed by atoms with Gasteiger partial charge in [0.2, 0.25) is 0 Å². The van der Waals surface area contributed by atoms with Crippen LogP contribution in [0.5, 0.6) is 0 Å². The second-order valence-corrected chi connectivity index (χ2v) is 14.5. The Labute approximate surface area is 275 Å². The molecule has 242 valence electrons. The third kappa shape index (κ3) is 5.92. The molecule has 4 nitrogen and oxygen atoms in total. The van der Waals surface area contributed by atoms with Gasteiger partial charge in [0.05, 0.1) is 5.56 Å². The van der Waals surface area contributed by atoms with Crippen LogP contribution in [0.4, 0.5) is 0 Å². The fraction of sp³-hybridized carbons (Fsp3) is 0.452. The number of aromatic nitrogens is 2. The maximum Gasteiger partial charge on any atom is 0.340 e. The Hall–Kier alpha value is -3.79. The van der Waals surface area contributed by atoms with E-state index >= 15 is 0 Å². The zero-order chi connectivity index (χ0) is 32.4. The Bertz CT molecular complexity index is 1730. The molecule has 46 heavy (non-hydrogen) atoms. The van der Waals surface area contributed by atoms with Gasteiger partial charge in [-0.05, 0) is 80.7 Å². The number of H-pyrrole nitrogens is 2. The summed E-state index contributed by atoms with van der Waals surface area (Å²) < 4.78 is 6.86. The molecule has 0 saturated heterocycles. The van der Waals surface area contributed by atoms with Crippen LogP contribution in [0.3, 0.4) is 0 Å². The van der Waals surface area contributed by atoms with Gasteiger partial charge in [0.15, 0.2) is 5.60 Å². The van der Waals surface area contributed by atoms with Crippen molar-refractivity contribution in [3.63, 3.8) is 0 Å². The molecule has 5 aromatic rings. The lowest BCUT2D eigenvalue weighted by molar-refractivity contribution is 0.0256. The maximum absolute atomic E-state index is 13.9. The van der Waals surface area contributed by atoms with Gasteiger partial charge in [-0.15, -0.1) is 0 Å². The topological polar surface area (TPSA) is 57.9 Å². The summed E-state index contributed by atoms with van der Waals surface area (Å²) in [7, 11) is 0. The van der Waals surface area contributed by atoms with Crippen molar-refractivity contribution in [2.24, 2.45) is 11.8 Å². The normalized spacial score (nSPS) is 14.2. The second kappa shape index (κ2) is 13.5. The molecule has 2 aromatic heterocycles. The zero-order valence-corrected chi connectivity index (χ0v) is 28.8. The number of esters is 1. The standard InChI is InChI=1S/C42H52N2O2/c1-27(2)17-9-7-11-19-31-21-15-25-35-37(31)39(29(5)43-35)42(34-24-14-13-23-33(34)41(45)46-42)40-30(6)44-36-26-16-22-32(38(36)40)20-12-8-10-18-28(3)4/h13-16,21-28,43-44H,7-12,17-20H2,1-6H3. The fourth-order valence-corrected chi connectivity index (χ4v) is 8.00. The first-order chi connectivity index (χ1) is 22.2. The van der Waals surface area contributed by atoms with Gasteiger partial charge < -0.3 is 14.7 Å². The number of hydrogen-bond acceptors (Lipinski definition) is 2. The molecule has 4 heteroatoms. The smallest absolute Gasteiger partial charge is 0.340 e. The van der Waals surface area contributed by atoms with Crippen LogP contribution in [0.2, 0.25) is 0 Å². The number of nitrogens with one attached hydrogen (secondary N) is 2. The van der Waals surface area contributed by atoms with Gasteiger partial charge in [-0.2, -0.15) is 0 Å². The molecule has 1 aliphatic rings. The van der Waals surface area contributed by atoms with Crippen LogP contribution >= 0.6 is 0 Å². The molecular weight excluding hydrogens is 564 g/mol. The second-order valence-electron chi connectivity index (χ2n) is 14.5. The Balaban J connectivity index is 1.53. The Morgan fingerprint density at radius 2 is 1.13 bits per heavy atom. The van der Waals surface area contributed by atoms with Crippen molar-refractivity contribution in [2.45, 2.75) is 111 Å². The average molecular weight is 617 g/mol. The third-order valence-corrected chi connectivity index (χ3v) is 10.1. The number of benzene rings is 3. The minimum atomic E-state index is -1.07. The van der Waals surface area contributed by atoms with Crippen molar-refractivity contribution < 1.29 is 9.53 Å². The molecule has 0 aliphatic carbocycles. The van der Waals surface area contributed by atoms with Crippen molar-refractivity contribution in [1.82, 2.24) is 9.97 Å². The minimum absolute atomic E-state index is 0.254. The summed E-state index contributed by atoms with van der Waals surface area (Å²) in [4.78, 5) is 21.4. The van der Waals surface area contributed by atoms with Gasteiger partial charge >= 0.3 is 5.97 Å². The van der Waals surface area contributed by atoms with E-state index < -0.39 is 5.60 Å². The van der Waals surface area contributed by atoms with Gasteiger partial charge in [0.25, 0.3) is 0 Å². The Kier molecular flexibility index (Phi) is 9.45. The summed E-state index contributed by atoms with van der Waals surface area (Å²) in [5.74, 6) is 1.22. The van der Waals surface area contributed by atoms with Gasteiger partial charge in [0, 0.05) is 49.9 Å². The van der Waals surface area contributed by atoms with E-state index in [1.165, 1.54) is 60.4 Å². The summed E-state index contributed by atoms with van der Waals surface area (Å²) in [6, 6.07) is 21.3. The zero-order valence-electron chi connectivity index (χ0n) is 28.8. The molecule has 0 fully saturated rings. The first-order valence-electron chi connectivity index (χ1n) is 17.8. The highest BCUT2D eigenvalue weighted by Crippen LogP contribution is 2.54. The number of cyclic esters (lactones) is 1. The van der Waals surface area contributed by atoms with Gasteiger partial charge in [0.1, 0.15) is 0 Å². The van der Waals surface area contributed by atoms with E-state index in [1.54, 1.807) is 0 Å². The molecule has 3 heterocycles. The quantitative estimate of drug-likeness (QED) is 0.0963. The van der Waals surface area contributed by atoms with Crippen LogP contribution in [0, 0.1) is 25.7 Å². The summed E-state index contributed by atoms with van der Waals surface area (Å²) in [6.45, 7) is 13.5. The Morgan fingerprint density at radius 1 is 0.630 bits per heavy atom. The highest BCUT2D eigenvalue weighted by Gasteiger charge is 2.53. The number of aryl methyl sites for hydroxylation is 4. The number of unbranched alkanes of at least 4 members (excludes halogenated alkanes) is 4. The summed E-state index contributed by atoms with van der Waals surface area (Å²) in [5.41, 5.74) is 9.63. The molecule has 3 aromatic carbocycles. The van der Waals surface area contributed by atoms with Crippen molar-refractivity contribution in [2.75, 3.05) is 0 Å². The SMILES string of the molecule is Cc1[nH]c2cccc(CCCCCC(C)C)c2c1C1(c2c(C)[nH]c3cccc(CCCCCC(C)C)c23)OC(=O)c2ccccc21. The van der Waals surface area contributed by atoms with E-state index in [-0.39, 0.29) is 5.97 Å². The number of rotatable bonds is 14. The summed E-state index contributed by atoms with van der Waals surface area (Å²) in [5, 5.41) is 2.40. The van der Waals surface area contributed by atoms with Crippen molar-refractivity contribution in [3.8, 4) is 0 Å². The van der Waals surface area contributed by atoms with Crippen molar-refractivity contribution >= 4 is 27.8 Å². The van der Waals surface area contributed by atoms with E-state index in [0.717, 1.165) is 76.6 Å². The van der Waals surface area contributed by atoms with Gasteiger partial charge in [-0.1, -0.05) is 109 Å². The summed E-state index contributed by atoms with van der Waals surface area (Å²) in [6.07, 6.45) is 11.8. The van der Waals surface area contributed by atoms with Crippen LogP contribution in [0.25, 0.3) is 21.8 Å². The van der Waals surface area contributed by atoms with Crippen molar-refractivity contribution in [1.29, 1.82) is 0 Å². The molecule has 0 saturated carbocycles. The first-order valence-corrected chi connectivity index (χ1v) is 17.8. The number of ether oxygens (including phenoxy) is 1. The third-order valence-electron chi connectivity index (χ3n) is 10.1. The first kappa shape index (κ1) is 32.2. The fourth-order valence-electron chi connectivity index (χ4n) is 8.00. The highest BCUT2D eigenvalue weighted by molar-refractivity contribution is 6.02. The molecule has 6 rings (SSSR count). The molecule has 0 atom stereocenters. The van der Waals surface area contributed by atoms with Crippen LogP contribution in [0.15, 0.2) is 60.7 Å². The van der Waals surface area contributed by atoms with Crippen LogP contribution in [0.1, 0.15) is 129 Å². The van der Waals surface area contributed by atoms with E-state index in [1.807, 2.05) is 12.1 Å². The average Bonchev–Trinajstić information content (AvgIpc) is 3.65. The Morgan fingerprint density at radius 3 is 1.63 bits per heavy atom. The molecule has 2 N–H and O–H groups in total.